The highest BCUT2D eigenvalue weighted by atomic mass is 16.5. The zero-order valence-corrected chi connectivity index (χ0v) is 9.08. The largest absolute Gasteiger partial charge is 0.379 e. The molecule has 1 fully saturated rings. The minimum atomic E-state index is 0.126. The first-order valence-corrected chi connectivity index (χ1v) is 5.32. The number of hydrogen-bond donors (Lipinski definition) is 1. The number of carbonyl (C=O) groups is 1. The molecule has 14 heavy (non-hydrogen) atoms. The molecule has 1 saturated heterocycles. The van der Waals surface area contributed by atoms with E-state index in [1.165, 1.54) is 0 Å². The molecule has 1 atom stereocenters. The lowest BCUT2D eigenvalue weighted by molar-refractivity contribution is -0.123. The summed E-state index contributed by atoms with van der Waals surface area (Å²) in [6, 6.07) is 0.281. The quantitative estimate of drug-likeness (QED) is 0.706. The van der Waals surface area contributed by atoms with Crippen LogP contribution in [0.2, 0.25) is 0 Å². The van der Waals surface area contributed by atoms with Crippen molar-refractivity contribution in [2.24, 2.45) is 0 Å². The molecule has 1 amide bonds. The normalized spacial score (nSPS) is 20.4. The van der Waals surface area contributed by atoms with E-state index in [1.807, 2.05) is 6.92 Å². The molecule has 4 heteroatoms. The van der Waals surface area contributed by atoms with Crippen LogP contribution < -0.4 is 5.32 Å². The summed E-state index contributed by atoms with van der Waals surface area (Å²) >= 11 is 0. The van der Waals surface area contributed by atoms with Crippen molar-refractivity contribution in [1.29, 1.82) is 0 Å². The van der Waals surface area contributed by atoms with Crippen molar-refractivity contribution < 1.29 is 9.53 Å². The number of rotatable bonds is 4. The SMILES string of the molecule is CC[C@H](C)NC(=O)CN1CCOCC1. The summed E-state index contributed by atoms with van der Waals surface area (Å²) in [7, 11) is 0. The molecule has 0 radical (unpaired) electrons. The Morgan fingerprint density at radius 2 is 2.14 bits per heavy atom. The van der Waals surface area contributed by atoms with Crippen molar-refractivity contribution in [3.8, 4) is 0 Å². The smallest absolute Gasteiger partial charge is 0.234 e. The first-order valence-electron chi connectivity index (χ1n) is 5.32. The fraction of sp³-hybridized carbons (Fsp3) is 0.900. The molecule has 0 spiro atoms. The molecule has 0 saturated carbocycles. The number of nitrogens with one attached hydrogen (secondary N) is 1. The van der Waals surface area contributed by atoms with Crippen molar-refractivity contribution >= 4 is 5.91 Å². The number of nitrogens with zero attached hydrogens (tertiary/aromatic N) is 1. The van der Waals surface area contributed by atoms with Gasteiger partial charge in [0.2, 0.25) is 5.91 Å². The van der Waals surface area contributed by atoms with Gasteiger partial charge in [-0.15, -0.1) is 0 Å². The molecule has 0 aliphatic carbocycles. The number of hydrogen-bond acceptors (Lipinski definition) is 3. The maximum atomic E-state index is 11.5. The number of amides is 1. The molecular weight excluding hydrogens is 180 g/mol. The molecule has 0 unspecified atom stereocenters. The summed E-state index contributed by atoms with van der Waals surface area (Å²) in [5.41, 5.74) is 0. The molecule has 1 rings (SSSR count). The lowest BCUT2D eigenvalue weighted by Gasteiger charge is -2.26. The Labute approximate surface area is 85.6 Å². The van der Waals surface area contributed by atoms with Gasteiger partial charge in [-0.05, 0) is 13.3 Å². The Hall–Kier alpha value is -0.610. The topological polar surface area (TPSA) is 41.6 Å². The van der Waals surface area contributed by atoms with E-state index in [4.69, 9.17) is 4.74 Å². The van der Waals surface area contributed by atoms with Crippen LogP contribution in [0, 0.1) is 0 Å². The van der Waals surface area contributed by atoms with Crippen molar-refractivity contribution in [2.45, 2.75) is 26.3 Å². The highest BCUT2D eigenvalue weighted by molar-refractivity contribution is 5.78. The maximum Gasteiger partial charge on any atom is 0.234 e. The first-order chi connectivity index (χ1) is 6.72. The molecule has 0 aromatic rings. The van der Waals surface area contributed by atoms with Gasteiger partial charge in [-0.25, -0.2) is 0 Å². The summed E-state index contributed by atoms with van der Waals surface area (Å²) in [6.07, 6.45) is 0.981. The Kier molecular flexibility index (Phi) is 4.90. The second-order valence-electron chi connectivity index (χ2n) is 3.77. The van der Waals surface area contributed by atoms with E-state index in [0.717, 1.165) is 32.7 Å². The molecule has 1 N–H and O–H groups in total. The van der Waals surface area contributed by atoms with Gasteiger partial charge in [0.05, 0.1) is 19.8 Å². The van der Waals surface area contributed by atoms with E-state index < -0.39 is 0 Å². The minimum Gasteiger partial charge on any atom is -0.379 e. The minimum absolute atomic E-state index is 0.126. The van der Waals surface area contributed by atoms with E-state index in [2.05, 4.69) is 17.1 Å². The Bertz CT molecular complexity index is 179. The van der Waals surface area contributed by atoms with E-state index >= 15 is 0 Å². The van der Waals surface area contributed by atoms with Crippen LogP contribution in [0.25, 0.3) is 0 Å². The summed E-state index contributed by atoms with van der Waals surface area (Å²) in [5.74, 6) is 0.126. The van der Waals surface area contributed by atoms with Crippen LogP contribution in [0.15, 0.2) is 0 Å². The number of morpholine rings is 1. The highest BCUT2D eigenvalue weighted by Crippen LogP contribution is 1.96. The molecule has 0 bridgehead atoms. The Balaban J connectivity index is 2.18. The van der Waals surface area contributed by atoms with E-state index in [9.17, 15) is 4.79 Å². The molecule has 1 aliphatic heterocycles. The molecule has 0 aromatic carbocycles. The first kappa shape index (κ1) is 11.5. The summed E-state index contributed by atoms with van der Waals surface area (Å²) in [4.78, 5) is 13.6. The number of carbonyl (C=O) groups excluding carboxylic acids is 1. The summed E-state index contributed by atoms with van der Waals surface area (Å²) < 4.78 is 5.21. The lowest BCUT2D eigenvalue weighted by atomic mass is 10.2. The van der Waals surface area contributed by atoms with Crippen molar-refractivity contribution in [1.82, 2.24) is 10.2 Å². The fourth-order valence-corrected chi connectivity index (χ4v) is 1.38. The predicted molar refractivity (Wildman–Crippen MR) is 55.2 cm³/mol. The van der Waals surface area contributed by atoms with E-state index in [-0.39, 0.29) is 11.9 Å². The van der Waals surface area contributed by atoms with Gasteiger partial charge < -0.3 is 10.1 Å². The van der Waals surface area contributed by atoms with Gasteiger partial charge in [-0.1, -0.05) is 6.92 Å². The molecule has 4 nitrogen and oxygen atoms in total. The average molecular weight is 200 g/mol. The second-order valence-corrected chi connectivity index (χ2v) is 3.77. The van der Waals surface area contributed by atoms with Crippen molar-refractivity contribution in [3.63, 3.8) is 0 Å². The second kappa shape index (κ2) is 5.98. The zero-order valence-electron chi connectivity index (χ0n) is 9.08. The van der Waals surface area contributed by atoms with Crippen LogP contribution in [0.3, 0.4) is 0 Å². The standard InChI is InChI=1S/C10H20N2O2/c1-3-9(2)11-10(13)8-12-4-6-14-7-5-12/h9H,3-8H2,1-2H3,(H,11,13)/t9-/m0/s1. The van der Waals surface area contributed by atoms with E-state index in [1.54, 1.807) is 0 Å². The monoisotopic (exact) mass is 200 g/mol. The summed E-state index contributed by atoms with van der Waals surface area (Å²) in [6.45, 7) is 7.83. The van der Waals surface area contributed by atoms with Gasteiger partial charge in [-0.2, -0.15) is 0 Å². The molecular formula is C10H20N2O2. The third-order valence-electron chi connectivity index (χ3n) is 2.49. The molecule has 82 valence electrons. The fourth-order valence-electron chi connectivity index (χ4n) is 1.38. The third-order valence-corrected chi connectivity index (χ3v) is 2.49. The molecule has 1 aliphatic rings. The third kappa shape index (κ3) is 4.07. The van der Waals surface area contributed by atoms with Gasteiger partial charge in [-0.3, -0.25) is 9.69 Å². The maximum absolute atomic E-state index is 11.5. The van der Waals surface area contributed by atoms with Crippen LogP contribution in [-0.2, 0) is 9.53 Å². The average Bonchev–Trinajstić information content (AvgIpc) is 2.19. The zero-order chi connectivity index (χ0) is 10.4. The van der Waals surface area contributed by atoms with Crippen LogP contribution in [0.1, 0.15) is 20.3 Å². The lowest BCUT2D eigenvalue weighted by Crippen LogP contribution is -2.45. The van der Waals surface area contributed by atoms with Gasteiger partial charge in [0.1, 0.15) is 0 Å². The molecule has 0 aromatic heterocycles. The van der Waals surface area contributed by atoms with Crippen molar-refractivity contribution in [3.05, 3.63) is 0 Å². The van der Waals surface area contributed by atoms with Crippen LogP contribution in [-0.4, -0.2) is 49.7 Å². The van der Waals surface area contributed by atoms with Gasteiger partial charge in [0.15, 0.2) is 0 Å². The Morgan fingerprint density at radius 1 is 1.50 bits per heavy atom. The van der Waals surface area contributed by atoms with Gasteiger partial charge >= 0.3 is 0 Å². The highest BCUT2D eigenvalue weighted by Gasteiger charge is 2.14. The molecule has 1 heterocycles. The summed E-state index contributed by atoms with van der Waals surface area (Å²) in [5, 5.41) is 2.96. The van der Waals surface area contributed by atoms with Gasteiger partial charge in [0.25, 0.3) is 0 Å². The Morgan fingerprint density at radius 3 is 2.71 bits per heavy atom. The number of ether oxygens (including phenoxy) is 1. The van der Waals surface area contributed by atoms with Crippen LogP contribution >= 0.6 is 0 Å². The van der Waals surface area contributed by atoms with Gasteiger partial charge in [0, 0.05) is 19.1 Å². The van der Waals surface area contributed by atoms with Crippen molar-refractivity contribution in [2.75, 3.05) is 32.8 Å². The van der Waals surface area contributed by atoms with E-state index in [0.29, 0.717) is 6.54 Å². The van der Waals surface area contributed by atoms with Crippen LogP contribution in [0.4, 0.5) is 0 Å². The van der Waals surface area contributed by atoms with Crippen LogP contribution in [0.5, 0.6) is 0 Å². The predicted octanol–water partition coefficient (Wildman–Crippen LogP) is 0.233.